The van der Waals surface area contributed by atoms with Crippen molar-refractivity contribution >= 4 is 40.4 Å². The lowest BCUT2D eigenvalue weighted by Gasteiger charge is -2.15. The van der Waals surface area contributed by atoms with Crippen LogP contribution in [-0.4, -0.2) is 40.6 Å². The molecule has 150 valence electrons. The van der Waals surface area contributed by atoms with Gasteiger partial charge in [-0.2, -0.15) is 0 Å². The number of hydrogen-bond acceptors (Lipinski definition) is 6. The van der Waals surface area contributed by atoms with Crippen LogP contribution in [0, 0.1) is 6.92 Å². The number of oxazole rings is 1. The zero-order valence-electron chi connectivity index (χ0n) is 15.8. The Morgan fingerprint density at radius 1 is 1.38 bits per heavy atom. The lowest BCUT2D eigenvalue weighted by molar-refractivity contribution is -0.114. The highest BCUT2D eigenvalue weighted by molar-refractivity contribution is 6.19. The Morgan fingerprint density at radius 2 is 2.17 bits per heavy atom. The molecule has 3 aromatic rings. The number of aromatic nitrogens is 1. The SMILES string of the molecule is COc1ccc(/C=C/C(=O)N2CC(CCl)c3c2cc(O)c2oc(C)nc32)cc1O. The second kappa shape index (κ2) is 7.33. The van der Waals surface area contributed by atoms with E-state index in [9.17, 15) is 15.0 Å². The molecular formula is C21H19ClN2O5. The maximum atomic E-state index is 12.9. The molecule has 1 amide bonds. The summed E-state index contributed by atoms with van der Waals surface area (Å²) in [6, 6.07) is 6.38. The number of ether oxygens (including phenoxy) is 1. The Morgan fingerprint density at radius 3 is 2.86 bits per heavy atom. The van der Waals surface area contributed by atoms with Crippen molar-refractivity contribution in [2.24, 2.45) is 0 Å². The number of carbonyl (C=O) groups is 1. The van der Waals surface area contributed by atoms with E-state index in [4.69, 9.17) is 20.8 Å². The number of halogens is 1. The van der Waals surface area contributed by atoms with Crippen molar-refractivity contribution in [1.82, 2.24) is 4.98 Å². The molecule has 2 aromatic carbocycles. The van der Waals surface area contributed by atoms with Crippen LogP contribution in [0.5, 0.6) is 17.2 Å². The molecule has 0 aliphatic carbocycles. The standard InChI is InChI=1S/C21H19ClN2O5/c1-11-23-20-19-13(9-22)10-24(14(19)8-16(26)21(20)29-11)18(27)6-4-12-3-5-17(28-2)15(25)7-12/h3-8,13,25-26H,9-10H2,1-2H3/b6-4+. The van der Waals surface area contributed by atoms with Crippen LogP contribution in [0.1, 0.15) is 22.9 Å². The molecule has 1 unspecified atom stereocenters. The number of fused-ring (bicyclic) bond motifs is 3. The lowest BCUT2D eigenvalue weighted by atomic mass is 10.0. The first kappa shape index (κ1) is 19.1. The average Bonchev–Trinajstić information content (AvgIpc) is 3.26. The minimum absolute atomic E-state index is 0.00969. The Kier molecular flexibility index (Phi) is 4.84. The first-order valence-electron chi connectivity index (χ1n) is 8.98. The molecule has 1 aromatic heterocycles. The third-order valence-electron chi connectivity index (χ3n) is 4.95. The van der Waals surface area contributed by atoms with Crippen molar-refractivity contribution in [2.75, 3.05) is 24.4 Å². The molecule has 1 aliphatic rings. The number of nitrogens with zero attached hydrogens (tertiary/aromatic N) is 2. The van der Waals surface area contributed by atoms with E-state index >= 15 is 0 Å². The zero-order chi connectivity index (χ0) is 20.7. The summed E-state index contributed by atoms with van der Waals surface area (Å²) in [5.41, 5.74) is 2.85. The summed E-state index contributed by atoms with van der Waals surface area (Å²) in [6.07, 6.45) is 3.02. The van der Waals surface area contributed by atoms with Crippen molar-refractivity contribution in [2.45, 2.75) is 12.8 Å². The molecule has 0 radical (unpaired) electrons. The Bertz CT molecular complexity index is 1140. The van der Waals surface area contributed by atoms with Crippen molar-refractivity contribution < 1.29 is 24.2 Å². The molecule has 2 heterocycles. The number of benzene rings is 2. The molecule has 1 aliphatic heterocycles. The predicted octanol–water partition coefficient (Wildman–Crippen LogP) is 3.94. The third kappa shape index (κ3) is 3.27. The second-order valence-electron chi connectivity index (χ2n) is 6.80. The molecule has 1 atom stereocenters. The van der Waals surface area contributed by atoms with Gasteiger partial charge in [0.25, 0.3) is 5.91 Å². The number of aryl methyl sites for hydroxylation is 1. The Labute approximate surface area is 171 Å². The minimum Gasteiger partial charge on any atom is -0.504 e. The fourth-order valence-corrected chi connectivity index (χ4v) is 3.87. The predicted molar refractivity (Wildman–Crippen MR) is 110 cm³/mol. The fourth-order valence-electron chi connectivity index (χ4n) is 3.62. The highest BCUT2D eigenvalue weighted by Gasteiger charge is 2.35. The second-order valence-corrected chi connectivity index (χ2v) is 7.11. The van der Waals surface area contributed by atoms with Crippen molar-refractivity contribution in [1.29, 1.82) is 0 Å². The molecule has 4 rings (SSSR count). The maximum Gasteiger partial charge on any atom is 0.251 e. The molecule has 29 heavy (non-hydrogen) atoms. The van der Waals surface area contributed by atoms with E-state index in [1.807, 2.05) is 0 Å². The van der Waals surface area contributed by atoms with E-state index in [2.05, 4.69) is 4.98 Å². The van der Waals surface area contributed by atoms with Crippen molar-refractivity contribution in [3.8, 4) is 17.2 Å². The van der Waals surface area contributed by atoms with E-state index in [0.717, 1.165) is 5.56 Å². The van der Waals surface area contributed by atoms with Crippen LogP contribution in [0.25, 0.3) is 17.2 Å². The normalized spacial score (nSPS) is 16.0. The summed E-state index contributed by atoms with van der Waals surface area (Å²) in [4.78, 5) is 18.8. The lowest BCUT2D eigenvalue weighted by Crippen LogP contribution is -2.28. The van der Waals surface area contributed by atoms with Gasteiger partial charge >= 0.3 is 0 Å². The highest BCUT2D eigenvalue weighted by atomic mass is 35.5. The number of alkyl halides is 1. The van der Waals surface area contributed by atoms with Gasteiger partial charge in [-0.15, -0.1) is 11.6 Å². The highest BCUT2D eigenvalue weighted by Crippen LogP contribution is 2.45. The van der Waals surface area contributed by atoms with Gasteiger partial charge in [0, 0.05) is 43.0 Å². The summed E-state index contributed by atoms with van der Waals surface area (Å²) in [7, 11) is 1.47. The van der Waals surface area contributed by atoms with E-state index in [1.165, 1.54) is 25.3 Å². The molecule has 2 N–H and O–H groups in total. The molecule has 0 saturated heterocycles. The van der Waals surface area contributed by atoms with Gasteiger partial charge in [-0.25, -0.2) is 4.98 Å². The summed E-state index contributed by atoms with van der Waals surface area (Å²) in [5.74, 6) is 0.615. The van der Waals surface area contributed by atoms with Crippen LogP contribution in [0.2, 0.25) is 0 Å². The summed E-state index contributed by atoms with van der Waals surface area (Å²) < 4.78 is 10.5. The first-order chi connectivity index (χ1) is 13.9. The molecule has 7 nitrogen and oxygen atoms in total. The number of anilines is 1. The summed E-state index contributed by atoms with van der Waals surface area (Å²) in [5, 5.41) is 20.2. The van der Waals surface area contributed by atoms with Crippen LogP contribution in [0.15, 0.2) is 34.8 Å². The number of phenols is 2. The summed E-state index contributed by atoms with van der Waals surface area (Å²) in [6.45, 7) is 2.08. The molecule has 8 heteroatoms. The quantitative estimate of drug-likeness (QED) is 0.496. The van der Waals surface area contributed by atoms with E-state index < -0.39 is 0 Å². The Hall–Kier alpha value is -3.19. The zero-order valence-corrected chi connectivity index (χ0v) is 16.6. The summed E-state index contributed by atoms with van der Waals surface area (Å²) >= 11 is 6.15. The number of carbonyl (C=O) groups excluding carboxylic acids is 1. The van der Waals surface area contributed by atoms with E-state index in [1.54, 1.807) is 30.0 Å². The topological polar surface area (TPSA) is 96.0 Å². The largest absolute Gasteiger partial charge is 0.504 e. The first-order valence-corrected chi connectivity index (χ1v) is 9.52. The van der Waals surface area contributed by atoms with Gasteiger partial charge in [-0.1, -0.05) is 6.07 Å². The van der Waals surface area contributed by atoms with Crippen molar-refractivity contribution in [3.63, 3.8) is 0 Å². The van der Waals surface area contributed by atoms with Gasteiger partial charge in [0.2, 0.25) is 0 Å². The van der Waals surface area contributed by atoms with Gasteiger partial charge in [0.05, 0.1) is 12.8 Å². The van der Waals surface area contributed by atoms with Gasteiger partial charge in [0.1, 0.15) is 5.52 Å². The molecular weight excluding hydrogens is 396 g/mol. The number of rotatable bonds is 4. The van der Waals surface area contributed by atoms with Gasteiger partial charge in [0.15, 0.2) is 28.7 Å². The average molecular weight is 415 g/mol. The van der Waals surface area contributed by atoms with Crippen LogP contribution in [-0.2, 0) is 4.79 Å². The van der Waals surface area contributed by atoms with Crippen LogP contribution < -0.4 is 9.64 Å². The molecule has 0 fully saturated rings. The smallest absolute Gasteiger partial charge is 0.251 e. The van der Waals surface area contributed by atoms with E-state index in [0.29, 0.717) is 46.4 Å². The number of phenolic OH excluding ortho intramolecular Hbond substituents is 2. The Balaban J connectivity index is 1.68. The number of amides is 1. The van der Waals surface area contributed by atoms with Gasteiger partial charge in [-0.05, 0) is 23.8 Å². The number of aromatic hydroxyl groups is 2. The monoisotopic (exact) mass is 414 g/mol. The van der Waals surface area contributed by atoms with Crippen molar-refractivity contribution in [3.05, 3.63) is 47.4 Å². The molecule has 0 spiro atoms. The van der Waals surface area contributed by atoms with Crippen LogP contribution in [0.4, 0.5) is 5.69 Å². The minimum atomic E-state index is -0.270. The van der Waals surface area contributed by atoms with Gasteiger partial charge in [-0.3, -0.25) is 4.79 Å². The van der Waals surface area contributed by atoms with Crippen LogP contribution in [0.3, 0.4) is 0 Å². The number of methoxy groups -OCH3 is 1. The molecule has 0 saturated carbocycles. The third-order valence-corrected chi connectivity index (χ3v) is 5.32. The fraction of sp³-hybridized carbons (Fsp3) is 0.238. The van der Waals surface area contributed by atoms with Crippen LogP contribution >= 0.6 is 11.6 Å². The molecule has 0 bridgehead atoms. The maximum absolute atomic E-state index is 12.9. The van der Waals surface area contributed by atoms with Gasteiger partial charge < -0.3 is 24.3 Å². The van der Waals surface area contributed by atoms with E-state index in [-0.39, 0.29) is 23.3 Å². The number of hydrogen-bond donors (Lipinski definition) is 2.